The van der Waals surface area contributed by atoms with Crippen molar-refractivity contribution in [1.29, 1.82) is 0 Å². The lowest BCUT2D eigenvalue weighted by atomic mass is 9.95. The van der Waals surface area contributed by atoms with Crippen LogP contribution in [0.2, 0.25) is 0 Å². The number of nitrogens with zero attached hydrogens (tertiary/aromatic N) is 1. The first-order chi connectivity index (χ1) is 23.8. The van der Waals surface area contributed by atoms with Gasteiger partial charge in [-0.15, -0.1) is 0 Å². The summed E-state index contributed by atoms with van der Waals surface area (Å²) in [6.07, 6.45) is 0. The van der Waals surface area contributed by atoms with Crippen LogP contribution < -0.4 is 4.90 Å². The second-order valence-corrected chi connectivity index (χ2v) is 12.2. The highest BCUT2D eigenvalue weighted by Crippen LogP contribution is 2.43. The highest BCUT2D eigenvalue weighted by Gasteiger charge is 2.19. The third-order valence-electron chi connectivity index (χ3n) is 9.28. The third kappa shape index (κ3) is 4.92. The van der Waals surface area contributed by atoms with E-state index in [2.05, 4.69) is 181 Å². The smallest absolute Gasteiger partial charge is 0.137 e. The Morgan fingerprint density at radius 1 is 0.354 bits per heavy atom. The summed E-state index contributed by atoms with van der Waals surface area (Å²) >= 11 is 0. The second-order valence-electron chi connectivity index (χ2n) is 12.2. The van der Waals surface area contributed by atoms with Crippen LogP contribution in [0.3, 0.4) is 0 Å². The van der Waals surface area contributed by atoms with Crippen LogP contribution in [0, 0.1) is 0 Å². The Hall–Kier alpha value is -6.38. The van der Waals surface area contributed by atoms with Gasteiger partial charge in [0.1, 0.15) is 11.2 Å². The molecule has 0 radical (unpaired) electrons. The van der Waals surface area contributed by atoms with E-state index < -0.39 is 0 Å². The molecule has 0 spiro atoms. The zero-order valence-electron chi connectivity index (χ0n) is 26.3. The lowest BCUT2D eigenvalue weighted by Gasteiger charge is -2.26. The monoisotopic (exact) mass is 613 g/mol. The zero-order chi connectivity index (χ0) is 31.9. The molecule has 0 saturated carbocycles. The van der Waals surface area contributed by atoms with Gasteiger partial charge in [-0.1, -0.05) is 140 Å². The van der Waals surface area contributed by atoms with E-state index in [1.807, 2.05) is 12.1 Å². The molecular formula is C46H31NO. The van der Waals surface area contributed by atoms with Gasteiger partial charge in [0.15, 0.2) is 0 Å². The number of fused-ring (bicyclic) bond motifs is 4. The first kappa shape index (κ1) is 27.9. The number of hydrogen-bond donors (Lipinski definition) is 0. The number of rotatable bonds is 6. The van der Waals surface area contributed by atoms with Crippen LogP contribution in [0.4, 0.5) is 17.1 Å². The predicted octanol–water partition coefficient (Wildman–Crippen LogP) is 13.2. The van der Waals surface area contributed by atoms with Crippen molar-refractivity contribution >= 4 is 49.8 Å². The van der Waals surface area contributed by atoms with Gasteiger partial charge in [-0.3, -0.25) is 0 Å². The van der Waals surface area contributed by atoms with Gasteiger partial charge in [0.05, 0.1) is 11.1 Å². The van der Waals surface area contributed by atoms with E-state index in [9.17, 15) is 0 Å². The van der Waals surface area contributed by atoms with E-state index in [1.54, 1.807) is 0 Å². The Morgan fingerprint density at radius 3 is 1.65 bits per heavy atom. The normalized spacial score (nSPS) is 11.3. The summed E-state index contributed by atoms with van der Waals surface area (Å²) in [5.41, 5.74) is 12.2. The SMILES string of the molecule is c1ccc(-c2ccc(N(c3ccc(-c4ccc5cccc(-c6ccccc6)c5c4)cc3)c3cccc4oc5ccccc5c34)cc2)cc1. The zero-order valence-corrected chi connectivity index (χ0v) is 26.3. The Bertz CT molecular complexity index is 2530. The number of hydrogen-bond acceptors (Lipinski definition) is 2. The molecular weight excluding hydrogens is 583 g/mol. The molecule has 2 heteroatoms. The summed E-state index contributed by atoms with van der Waals surface area (Å²) in [5.74, 6) is 0. The standard InChI is InChI=1S/C46H31NO/c1-3-11-32(12-4-1)33-23-27-38(28-24-33)47(43-18-10-20-45-46(43)41-16-7-8-19-44(41)48-45)39-29-25-34(26-30-39)37-22-21-36-15-9-17-40(42(36)31-37)35-13-5-2-6-14-35/h1-31H. The van der Waals surface area contributed by atoms with E-state index in [0.717, 1.165) is 39.0 Å². The largest absolute Gasteiger partial charge is 0.456 e. The van der Waals surface area contributed by atoms with Gasteiger partial charge in [0, 0.05) is 16.8 Å². The van der Waals surface area contributed by atoms with E-state index in [-0.39, 0.29) is 0 Å². The van der Waals surface area contributed by atoms with E-state index >= 15 is 0 Å². The molecule has 1 aromatic heterocycles. The average Bonchev–Trinajstić information content (AvgIpc) is 3.55. The lowest BCUT2D eigenvalue weighted by molar-refractivity contribution is 0.669. The maximum atomic E-state index is 6.32. The molecule has 0 N–H and O–H groups in total. The molecule has 2 nitrogen and oxygen atoms in total. The first-order valence-corrected chi connectivity index (χ1v) is 16.3. The van der Waals surface area contributed by atoms with Gasteiger partial charge in [0.2, 0.25) is 0 Å². The van der Waals surface area contributed by atoms with Gasteiger partial charge in [-0.25, -0.2) is 0 Å². The maximum Gasteiger partial charge on any atom is 0.137 e. The Morgan fingerprint density at radius 2 is 0.917 bits per heavy atom. The maximum absolute atomic E-state index is 6.32. The highest BCUT2D eigenvalue weighted by atomic mass is 16.3. The van der Waals surface area contributed by atoms with Gasteiger partial charge >= 0.3 is 0 Å². The number of para-hydroxylation sites is 1. The molecule has 9 aromatic rings. The Balaban J connectivity index is 1.17. The molecule has 9 rings (SSSR count). The average molecular weight is 614 g/mol. The number of benzene rings is 8. The van der Waals surface area contributed by atoms with E-state index in [1.165, 1.54) is 44.2 Å². The molecule has 1 heterocycles. The fraction of sp³-hybridized carbons (Fsp3) is 0. The molecule has 8 aromatic carbocycles. The van der Waals surface area contributed by atoms with Crippen LogP contribution in [-0.4, -0.2) is 0 Å². The van der Waals surface area contributed by atoms with Crippen LogP contribution in [0.5, 0.6) is 0 Å². The van der Waals surface area contributed by atoms with Crippen LogP contribution in [-0.2, 0) is 0 Å². The molecule has 0 aliphatic carbocycles. The van der Waals surface area contributed by atoms with Crippen molar-refractivity contribution in [2.45, 2.75) is 0 Å². The number of furan rings is 1. The molecule has 0 saturated heterocycles. The van der Waals surface area contributed by atoms with Crippen LogP contribution in [0.15, 0.2) is 192 Å². The Labute approximate surface area is 279 Å². The van der Waals surface area contributed by atoms with Crippen molar-refractivity contribution < 1.29 is 4.42 Å². The summed E-state index contributed by atoms with van der Waals surface area (Å²) in [6, 6.07) is 66.9. The first-order valence-electron chi connectivity index (χ1n) is 16.3. The van der Waals surface area contributed by atoms with Gasteiger partial charge in [-0.2, -0.15) is 0 Å². The predicted molar refractivity (Wildman–Crippen MR) is 202 cm³/mol. The fourth-order valence-corrected chi connectivity index (χ4v) is 6.93. The van der Waals surface area contributed by atoms with Gasteiger partial charge in [-0.05, 0) is 92.7 Å². The molecule has 0 atom stereocenters. The molecule has 0 bridgehead atoms. The molecule has 0 unspecified atom stereocenters. The van der Waals surface area contributed by atoms with Crippen molar-refractivity contribution in [1.82, 2.24) is 0 Å². The molecule has 48 heavy (non-hydrogen) atoms. The van der Waals surface area contributed by atoms with Gasteiger partial charge in [0.25, 0.3) is 0 Å². The third-order valence-corrected chi connectivity index (χ3v) is 9.28. The molecule has 0 fully saturated rings. The summed E-state index contributed by atoms with van der Waals surface area (Å²) in [4.78, 5) is 2.34. The molecule has 0 aliphatic heterocycles. The number of anilines is 3. The van der Waals surface area contributed by atoms with Crippen LogP contribution in [0.25, 0.3) is 66.1 Å². The topological polar surface area (TPSA) is 16.4 Å². The lowest BCUT2D eigenvalue weighted by Crippen LogP contribution is -2.10. The van der Waals surface area contributed by atoms with Crippen molar-refractivity contribution in [3.8, 4) is 33.4 Å². The molecule has 0 aliphatic rings. The van der Waals surface area contributed by atoms with E-state index in [4.69, 9.17) is 4.42 Å². The minimum Gasteiger partial charge on any atom is -0.456 e. The quantitative estimate of drug-likeness (QED) is 0.185. The van der Waals surface area contributed by atoms with Crippen LogP contribution >= 0.6 is 0 Å². The Kier molecular flexibility index (Phi) is 6.84. The minimum absolute atomic E-state index is 0.876. The van der Waals surface area contributed by atoms with E-state index in [0.29, 0.717) is 0 Å². The molecule has 0 amide bonds. The summed E-state index contributed by atoms with van der Waals surface area (Å²) in [7, 11) is 0. The summed E-state index contributed by atoms with van der Waals surface area (Å²) in [5, 5.41) is 4.70. The summed E-state index contributed by atoms with van der Waals surface area (Å²) in [6.45, 7) is 0. The van der Waals surface area contributed by atoms with Crippen LogP contribution in [0.1, 0.15) is 0 Å². The fourth-order valence-electron chi connectivity index (χ4n) is 6.93. The van der Waals surface area contributed by atoms with Crippen molar-refractivity contribution in [3.63, 3.8) is 0 Å². The highest BCUT2D eigenvalue weighted by molar-refractivity contribution is 6.13. The van der Waals surface area contributed by atoms with Crippen molar-refractivity contribution in [2.24, 2.45) is 0 Å². The second kappa shape index (κ2) is 11.8. The molecule has 226 valence electrons. The van der Waals surface area contributed by atoms with Gasteiger partial charge < -0.3 is 9.32 Å². The summed E-state index contributed by atoms with van der Waals surface area (Å²) < 4.78 is 6.32. The minimum atomic E-state index is 0.876. The van der Waals surface area contributed by atoms with Crippen molar-refractivity contribution in [3.05, 3.63) is 188 Å². The van der Waals surface area contributed by atoms with Crippen molar-refractivity contribution in [2.75, 3.05) is 4.90 Å².